The molecule has 1 aromatic heterocycles. The van der Waals surface area contributed by atoms with Crippen LogP contribution in [0.15, 0.2) is 53.6 Å². The number of fused-ring (bicyclic) bond motifs is 1. The largest absolute Gasteiger partial charge is 0.465 e. The normalized spacial score (nSPS) is 11.3. The number of carbonyl (C=O) groups is 1. The number of methoxy groups -OCH3 is 1. The quantitative estimate of drug-likeness (QED) is 0.713. The third-order valence-electron chi connectivity index (χ3n) is 3.28. The minimum atomic E-state index is -3.75. The van der Waals surface area contributed by atoms with E-state index in [0.717, 1.165) is 10.9 Å². The van der Waals surface area contributed by atoms with Crippen LogP contribution >= 0.6 is 0 Å². The summed E-state index contributed by atoms with van der Waals surface area (Å²) in [6.45, 7) is 0. The van der Waals surface area contributed by atoms with Crippen molar-refractivity contribution in [2.45, 2.75) is 4.90 Å². The number of aromatic amines is 1. The molecule has 0 saturated heterocycles. The number of esters is 1. The van der Waals surface area contributed by atoms with Crippen LogP contribution in [0.2, 0.25) is 0 Å². The Morgan fingerprint density at radius 1 is 1.17 bits per heavy atom. The second kappa shape index (κ2) is 5.73. The van der Waals surface area contributed by atoms with E-state index < -0.39 is 16.0 Å². The Kier molecular flexibility index (Phi) is 3.75. The molecule has 0 atom stereocenters. The third-order valence-corrected chi connectivity index (χ3v) is 4.68. The standard InChI is InChI=1S/C15H13N3O4S/c1-22-15(19)10-3-6-13(7-4-10)23(20,21)18-12-5-2-11-9-16-17-14(11)8-12/h2-9,18H,1H3,(H,16,17). The number of hydrogen-bond donors (Lipinski definition) is 2. The molecule has 0 fully saturated rings. The maximum Gasteiger partial charge on any atom is 0.337 e. The molecule has 0 aliphatic rings. The van der Waals surface area contributed by atoms with Crippen molar-refractivity contribution in [3.63, 3.8) is 0 Å². The summed E-state index contributed by atoms with van der Waals surface area (Å²) < 4.78 is 31.8. The Bertz CT molecular complexity index is 962. The van der Waals surface area contributed by atoms with Crippen LogP contribution in [0.3, 0.4) is 0 Å². The molecule has 118 valence electrons. The molecule has 0 unspecified atom stereocenters. The van der Waals surface area contributed by atoms with E-state index in [4.69, 9.17) is 0 Å². The first kappa shape index (κ1) is 15.0. The van der Waals surface area contributed by atoms with E-state index in [9.17, 15) is 13.2 Å². The van der Waals surface area contributed by atoms with Crippen LogP contribution < -0.4 is 4.72 Å². The minimum absolute atomic E-state index is 0.0508. The highest BCUT2D eigenvalue weighted by molar-refractivity contribution is 7.92. The predicted molar refractivity (Wildman–Crippen MR) is 84.7 cm³/mol. The van der Waals surface area contributed by atoms with Crippen LogP contribution in [0.1, 0.15) is 10.4 Å². The Balaban J connectivity index is 1.87. The van der Waals surface area contributed by atoms with Crippen LogP contribution in [0, 0.1) is 0 Å². The summed E-state index contributed by atoms with van der Waals surface area (Å²) in [4.78, 5) is 11.4. The van der Waals surface area contributed by atoms with Crippen molar-refractivity contribution in [1.29, 1.82) is 0 Å². The van der Waals surface area contributed by atoms with Crippen LogP contribution in [-0.2, 0) is 14.8 Å². The monoisotopic (exact) mass is 331 g/mol. The molecule has 3 aromatic rings. The highest BCUT2D eigenvalue weighted by Gasteiger charge is 2.15. The van der Waals surface area contributed by atoms with Gasteiger partial charge < -0.3 is 4.74 Å². The molecule has 0 saturated carbocycles. The van der Waals surface area contributed by atoms with Crippen molar-refractivity contribution in [3.05, 3.63) is 54.2 Å². The number of hydrogen-bond acceptors (Lipinski definition) is 5. The molecular weight excluding hydrogens is 318 g/mol. The van der Waals surface area contributed by atoms with Gasteiger partial charge in [-0.25, -0.2) is 13.2 Å². The highest BCUT2D eigenvalue weighted by Crippen LogP contribution is 2.20. The molecule has 2 aromatic carbocycles. The van der Waals surface area contributed by atoms with E-state index in [1.165, 1.54) is 31.4 Å². The van der Waals surface area contributed by atoms with Gasteiger partial charge in [0.05, 0.1) is 35.0 Å². The molecule has 3 rings (SSSR count). The van der Waals surface area contributed by atoms with E-state index in [2.05, 4.69) is 19.7 Å². The highest BCUT2D eigenvalue weighted by atomic mass is 32.2. The first-order valence-electron chi connectivity index (χ1n) is 6.64. The van der Waals surface area contributed by atoms with E-state index in [-0.39, 0.29) is 10.5 Å². The molecule has 0 aliphatic carbocycles. The molecule has 1 heterocycles. The fourth-order valence-corrected chi connectivity index (χ4v) is 3.15. The number of sulfonamides is 1. The lowest BCUT2D eigenvalue weighted by atomic mass is 10.2. The predicted octanol–water partition coefficient (Wildman–Crippen LogP) is 2.15. The molecule has 0 amide bonds. The molecular formula is C15H13N3O4S. The molecule has 0 spiro atoms. The zero-order valence-electron chi connectivity index (χ0n) is 12.1. The number of aromatic nitrogens is 2. The first-order valence-corrected chi connectivity index (χ1v) is 8.12. The SMILES string of the molecule is COC(=O)c1ccc(S(=O)(=O)Nc2ccc3cn[nH]c3c2)cc1. The van der Waals surface area contributed by atoms with Crippen molar-refractivity contribution in [3.8, 4) is 0 Å². The van der Waals surface area contributed by atoms with Gasteiger partial charge in [-0.1, -0.05) is 0 Å². The van der Waals surface area contributed by atoms with E-state index >= 15 is 0 Å². The Labute approximate surface area is 132 Å². The average molecular weight is 331 g/mol. The van der Waals surface area contributed by atoms with Crippen molar-refractivity contribution >= 4 is 32.6 Å². The number of H-pyrrole nitrogens is 1. The van der Waals surface area contributed by atoms with Crippen LogP contribution in [0.5, 0.6) is 0 Å². The summed E-state index contributed by atoms with van der Waals surface area (Å²) in [7, 11) is -2.49. The number of rotatable bonds is 4. The molecule has 23 heavy (non-hydrogen) atoms. The summed E-state index contributed by atoms with van der Waals surface area (Å²) in [6.07, 6.45) is 1.65. The van der Waals surface area contributed by atoms with Crippen LogP contribution in [0.4, 0.5) is 5.69 Å². The summed E-state index contributed by atoms with van der Waals surface area (Å²) in [5.41, 5.74) is 1.43. The number of anilines is 1. The van der Waals surface area contributed by atoms with Gasteiger partial charge >= 0.3 is 5.97 Å². The average Bonchev–Trinajstić information content (AvgIpc) is 3.01. The van der Waals surface area contributed by atoms with Gasteiger partial charge in [0.25, 0.3) is 10.0 Å². The number of nitrogens with zero attached hydrogens (tertiary/aromatic N) is 1. The molecule has 8 heteroatoms. The number of nitrogens with one attached hydrogen (secondary N) is 2. The molecule has 0 radical (unpaired) electrons. The zero-order chi connectivity index (χ0) is 16.4. The molecule has 2 N–H and O–H groups in total. The van der Waals surface area contributed by atoms with E-state index in [1.807, 2.05) is 0 Å². The maximum absolute atomic E-state index is 12.4. The Hall–Kier alpha value is -2.87. The Morgan fingerprint density at radius 2 is 1.91 bits per heavy atom. The van der Waals surface area contributed by atoms with Crippen LogP contribution in [-0.4, -0.2) is 31.7 Å². The topological polar surface area (TPSA) is 101 Å². The van der Waals surface area contributed by atoms with Crippen molar-refractivity contribution in [2.75, 3.05) is 11.8 Å². The van der Waals surface area contributed by atoms with Crippen LogP contribution in [0.25, 0.3) is 10.9 Å². The zero-order valence-corrected chi connectivity index (χ0v) is 12.9. The fraction of sp³-hybridized carbons (Fsp3) is 0.0667. The second-order valence-electron chi connectivity index (χ2n) is 4.79. The van der Waals surface area contributed by atoms with Crippen molar-refractivity contribution in [1.82, 2.24) is 10.2 Å². The third kappa shape index (κ3) is 3.02. The smallest absolute Gasteiger partial charge is 0.337 e. The summed E-state index contributed by atoms with van der Waals surface area (Å²) in [5, 5.41) is 7.55. The number of ether oxygens (including phenoxy) is 1. The molecule has 7 nitrogen and oxygen atoms in total. The number of carbonyl (C=O) groups excluding carboxylic acids is 1. The summed E-state index contributed by atoms with van der Waals surface area (Å²) in [5.74, 6) is -0.522. The maximum atomic E-state index is 12.4. The lowest BCUT2D eigenvalue weighted by molar-refractivity contribution is 0.0600. The minimum Gasteiger partial charge on any atom is -0.465 e. The van der Waals surface area contributed by atoms with Gasteiger partial charge in [-0.05, 0) is 42.5 Å². The fourth-order valence-electron chi connectivity index (χ4n) is 2.10. The first-order chi connectivity index (χ1) is 11.0. The number of benzene rings is 2. The molecule has 0 aliphatic heterocycles. The van der Waals surface area contributed by atoms with Gasteiger partial charge in [0.15, 0.2) is 0 Å². The van der Waals surface area contributed by atoms with Gasteiger partial charge in [-0.2, -0.15) is 5.10 Å². The second-order valence-corrected chi connectivity index (χ2v) is 6.48. The van der Waals surface area contributed by atoms with E-state index in [0.29, 0.717) is 5.69 Å². The van der Waals surface area contributed by atoms with Gasteiger partial charge in [0, 0.05) is 5.39 Å². The van der Waals surface area contributed by atoms with Crippen molar-refractivity contribution in [2.24, 2.45) is 0 Å². The molecule has 0 bridgehead atoms. The van der Waals surface area contributed by atoms with Gasteiger partial charge in [-0.15, -0.1) is 0 Å². The van der Waals surface area contributed by atoms with Crippen molar-refractivity contribution < 1.29 is 17.9 Å². The summed E-state index contributed by atoms with van der Waals surface area (Å²) in [6, 6.07) is 10.6. The lowest BCUT2D eigenvalue weighted by Gasteiger charge is -2.08. The lowest BCUT2D eigenvalue weighted by Crippen LogP contribution is -2.13. The van der Waals surface area contributed by atoms with Gasteiger partial charge in [-0.3, -0.25) is 9.82 Å². The van der Waals surface area contributed by atoms with Gasteiger partial charge in [0.1, 0.15) is 0 Å². The summed E-state index contributed by atoms with van der Waals surface area (Å²) >= 11 is 0. The van der Waals surface area contributed by atoms with Gasteiger partial charge in [0.2, 0.25) is 0 Å². The Morgan fingerprint density at radius 3 is 2.61 bits per heavy atom. The van der Waals surface area contributed by atoms with E-state index in [1.54, 1.807) is 24.4 Å².